The number of hydrogen-bond acceptors (Lipinski definition) is 4. The van der Waals surface area contributed by atoms with Crippen LogP contribution in [0.5, 0.6) is 0 Å². The molecular formula is C19H17F2N3O2S. The number of benzene rings is 1. The monoisotopic (exact) mass is 389 g/mol. The number of amides is 1. The lowest BCUT2D eigenvalue weighted by Gasteiger charge is -2.17. The van der Waals surface area contributed by atoms with Gasteiger partial charge in [-0.2, -0.15) is 5.10 Å². The van der Waals surface area contributed by atoms with Gasteiger partial charge in [0.2, 0.25) is 0 Å². The Kier molecular flexibility index (Phi) is 5.75. The summed E-state index contributed by atoms with van der Waals surface area (Å²) < 4.78 is 27.8. The zero-order chi connectivity index (χ0) is 19.4. The van der Waals surface area contributed by atoms with Crippen molar-refractivity contribution in [3.05, 3.63) is 74.7 Å². The summed E-state index contributed by atoms with van der Waals surface area (Å²) in [6, 6.07) is 9.42. The zero-order valence-corrected chi connectivity index (χ0v) is 15.3. The lowest BCUT2D eigenvalue weighted by atomic mass is 10.1. The Labute approximate surface area is 158 Å². The third-order valence-electron chi connectivity index (χ3n) is 4.05. The van der Waals surface area contributed by atoms with Crippen LogP contribution in [0.4, 0.5) is 8.78 Å². The average molecular weight is 389 g/mol. The summed E-state index contributed by atoms with van der Waals surface area (Å²) in [7, 11) is 0. The van der Waals surface area contributed by atoms with Crippen molar-refractivity contribution in [3.8, 4) is 11.3 Å². The number of aromatic nitrogens is 2. The average Bonchev–Trinajstić information content (AvgIpc) is 3.20. The molecular weight excluding hydrogens is 372 g/mol. The summed E-state index contributed by atoms with van der Waals surface area (Å²) >= 11 is 1.33. The number of nitrogens with zero attached hydrogens (tertiary/aromatic N) is 2. The zero-order valence-electron chi connectivity index (χ0n) is 14.5. The van der Waals surface area contributed by atoms with Gasteiger partial charge in [0, 0.05) is 17.7 Å². The maximum absolute atomic E-state index is 13.5. The molecule has 0 aliphatic rings. The molecule has 1 aromatic carbocycles. The van der Waals surface area contributed by atoms with Gasteiger partial charge in [-0.1, -0.05) is 13.0 Å². The van der Waals surface area contributed by atoms with Crippen LogP contribution in [-0.2, 0) is 6.54 Å². The number of carbonyl (C=O) groups excluding carboxylic acids is 1. The van der Waals surface area contributed by atoms with E-state index in [1.54, 1.807) is 12.1 Å². The maximum atomic E-state index is 13.5. The molecule has 2 heterocycles. The first-order valence-electron chi connectivity index (χ1n) is 8.36. The molecule has 1 atom stereocenters. The van der Waals surface area contributed by atoms with Crippen LogP contribution in [0.1, 0.15) is 23.0 Å². The molecule has 0 aliphatic carbocycles. The molecule has 0 saturated carbocycles. The SMILES string of the molecule is CC[C@H](Cn1nc(-c2ccc(F)c(F)c2)ccc1=O)NC(=O)c1cccs1. The molecule has 3 aromatic rings. The highest BCUT2D eigenvalue weighted by molar-refractivity contribution is 7.12. The van der Waals surface area contributed by atoms with Crippen LogP contribution in [0.3, 0.4) is 0 Å². The number of nitrogens with one attached hydrogen (secondary N) is 1. The number of thiophene rings is 1. The molecule has 3 rings (SSSR count). The van der Waals surface area contributed by atoms with E-state index in [2.05, 4.69) is 10.4 Å². The van der Waals surface area contributed by atoms with E-state index < -0.39 is 11.6 Å². The van der Waals surface area contributed by atoms with Crippen molar-refractivity contribution in [2.75, 3.05) is 0 Å². The summed E-state index contributed by atoms with van der Waals surface area (Å²) in [6.45, 7) is 2.06. The fraction of sp³-hybridized carbons (Fsp3) is 0.211. The van der Waals surface area contributed by atoms with Gasteiger partial charge >= 0.3 is 0 Å². The third kappa shape index (κ3) is 4.46. The molecule has 0 unspecified atom stereocenters. The molecule has 0 fully saturated rings. The highest BCUT2D eigenvalue weighted by Crippen LogP contribution is 2.18. The predicted octanol–water partition coefficient (Wildman–Crippen LogP) is 3.46. The topological polar surface area (TPSA) is 64.0 Å². The summed E-state index contributed by atoms with van der Waals surface area (Å²) in [5.74, 6) is -2.14. The predicted molar refractivity (Wildman–Crippen MR) is 99.7 cm³/mol. The summed E-state index contributed by atoms with van der Waals surface area (Å²) in [4.78, 5) is 25.0. The van der Waals surface area contributed by atoms with E-state index in [0.717, 1.165) is 12.1 Å². The second-order valence-corrected chi connectivity index (χ2v) is 6.87. The Morgan fingerprint density at radius 3 is 2.70 bits per heavy atom. The molecule has 5 nitrogen and oxygen atoms in total. The van der Waals surface area contributed by atoms with E-state index in [0.29, 0.717) is 22.6 Å². The first-order valence-corrected chi connectivity index (χ1v) is 9.24. The van der Waals surface area contributed by atoms with E-state index in [1.807, 2.05) is 12.3 Å². The molecule has 0 aliphatic heterocycles. The summed E-state index contributed by atoms with van der Waals surface area (Å²) in [5.41, 5.74) is 0.358. The minimum absolute atomic E-state index is 0.171. The second-order valence-electron chi connectivity index (χ2n) is 5.92. The Morgan fingerprint density at radius 2 is 2.04 bits per heavy atom. The quantitative estimate of drug-likeness (QED) is 0.702. The van der Waals surface area contributed by atoms with Crippen molar-refractivity contribution in [2.24, 2.45) is 0 Å². The van der Waals surface area contributed by atoms with E-state index in [9.17, 15) is 18.4 Å². The normalized spacial score (nSPS) is 12.0. The van der Waals surface area contributed by atoms with Gasteiger partial charge in [-0.3, -0.25) is 9.59 Å². The first kappa shape index (κ1) is 18.9. The third-order valence-corrected chi connectivity index (χ3v) is 4.92. The number of carbonyl (C=O) groups is 1. The van der Waals surface area contributed by atoms with Crippen molar-refractivity contribution < 1.29 is 13.6 Å². The Morgan fingerprint density at radius 1 is 1.22 bits per heavy atom. The molecule has 1 amide bonds. The smallest absolute Gasteiger partial charge is 0.266 e. The van der Waals surface area contributed by atoms with Gasteiger partial charge in [0.15, 0.2) is 11.6 Å². The molecule has 0 spiro atoms. The maximum Gasteiger partial charge on any atom is 0.266 e. The van der Waals surface area contributed by atoms with Gasteiger partial charge in [0.1, 0.15) is 0 Å². The Bertz CT molecular complexity index is 1000. The summed E-state index contributed by atoms with van der Waals surface area (Å²) in [6.07, 6.45) is 0.598. The van der Waals surface area contributed by atoms with Gasteiger partial charge in [-0.05, 0) is 42.1 Å². The Hall–Kier alpha value is -2.87. The van der Waals surface area contributed by atoms with Gasteiger partial charge in [-0.25, -0.2) is 13.5 Å². The summed E-state index contributed by atoms with van der Waals surface area (Å²) in [5, 5.41) is 8.93. The van der Waals surface area contributed by atoms with Crippen LogP contribution < -0.4 is 10.9 Å². The van der Waals surface area contributed by atoms with E-state index in [1.165, 1.54) is 34.2 Å². The fourth-order valence-electron chi connectivity index (χ4n) is 2.54. The minimum Gasteiger partial charge on any atom is -0.347 e. The molecule has 1 N–H and O–H groups in total. The lowest BCUT2D eigenvalue weighted by molar-refractivity contribution is 0.0935. The van der Waals surface area contributed by atoms with Crippen molar-refractivity contribution in [2.45, 2.75) is 25.9 Å². The van der Waals surface area contributed by atoms with Crippen LogP contribution in [0.15, 0.2) is 52.6 Å². The van der Waals surface area contributed by atoms with Crippen molar-refractivity contribution in [3.63, 3.8) is 0 Å². The van der Waals surface area contributed by atoms with Crippen LogP contribution >= 0.6 is 11.3 Å². The molecule has 8 heteroatoms. The van der Waals surface area contributed by atoms with Crippen LogP contribution in [0.25, 0.3) is 11.3 Å². The molecule has 27 heavy (non-hydrogen) atoms. The highest BCUT2D eigenvalue weighted by Gasteiger charge is 2.15. The van der Waals surface area contributed by atoms with Gasteiger partial charge in [0.05, 0.1) is 17.1 Å². The van der Waals surface area contributed by atoms with E-state index >= 15 is 0 Å². The molecule has 2 aromatic heterocycles. The lowest BCUT2D eigenvalue weighted by Crippen LogP contribution is -2.40. The minimum atomic E-state index is -0.985. The van der Waals surface area contributed by atoms with Gasteiger partial charge in [-0.15, -0.1) is 11.3 Å². The molecule has 140 valence electrons. The van der Waals surface area contributed by atoms with Crippen LogP contribution in [0, 0.1) is 11.6 Å². The van der Waals surface area contributed by atoms with E-state index in [4.69, 9.17) is 0 Å². The number of halogens is 2. The number of hydrogen-bond donors (Lipinski definition) is 1. The van der Waals surface area contributed by atoms with Crippen LogP contribution in [0.2, 0.25) is 0 Å². The second kappa shape index (κ2) is 8.22. The van der Waals surface area contributed by atoms with Gasteiger partial charge in [0.25, 0.3) is 11.5 Å². The van der Waals surface area contributed by atoms with Crippen molar-refractivity contribution in [1.29, 1.82) is 0 Å². The molecule has 0 radical (unpaired) electrons. The van der Waals surface area contributed by atoms with Gasteiger partial charge < -0.3 is 5.32 Å². The standard InChI is InChI=1S/C19H17F2N3O2S/c1-2-13(22-19(26)17-4-3-9-27-17)11-24-18(25)8-7-16(23-24)12-5-6-14(20)15(21)10-12/h3-10,13H,2,11H2,1H3,(H,22,26)/t13-/m1/s1. The fourth-order valence-corrected chi connectivity index (χ4v) is 3.17. The molecule has 0 saturated heterocycles. The van der Waals surface area contributed by atoms with E-state index in [-0.39, 0.29) is 24.1 Å². The van der Waals surface area contributed by atoms with Crippen molar-refractivity contribution in [1.82, 2.24) is 15.1 Å². The highest BCUT2D eigenvalue weighted by atomic mass is 32.1. The molecule has 0 bridgehead atoms. The number of rotatable bonds is 6. The first-order chi connectivity index (χ1) is 13.0. The van der Waals surface area contributed by atoms with Crippen LogP contribution in [-0.4, -0.2) is 21.7 Å². The Balaban J connectivity index is 1.81. The van der Waals surface area contributed by atoms with Crippen molar-refractivity contribution >= 4 is 17.2 Å². The largest absolute Gasteiger partial charge is 0.347 e.